The third kappa shape index (κ3) is 4.69. The number of likely N-dealkylation sites (tertiary alicyclic amines) is 1. The normalized spacial score (nSPS) is 23.4. The Labute approximate surface area is 211 Å². The maximum atomic E-state index is 14.8. The van der Waals surface area contributed by atoms with E-state index < -0.39 is 65.3 Å². The molecule has 5 rings (SSSR count). The number of hydrogen-bond acceptors (Lipinski definition) is 4. The van der Waals surface area contributed by atoms with Gasteiger partial charge in [-0.05, 0) is 30.7 Å². The summed E-state index contributed by atoms with van der Waals surface area (Å²) in [7, 11) is 0. The van der Waals surface area contributed by atoms with Gasteiger partial charge in [0, 0.05) is 23.2 Å². The van der Waals surface area contributed by atoms with Crippen LogP contribution in [0.1, 0.15) is 39.6 Å². The first kappa shape index (κ1) is 26.0. The predicted molar refractivity (Wildman–Crippen MR) is 115 cm³/mol. The SMILES string of the molecule is O=C(N[C@@H](c1ccc(C(F)(F)F)cc1F)C1COC1)[C@H]1C[C@H]2C#C[C@H]2N1C(=O)c1ccnc(C(F)(F)F)c1. The van der Waals surface area contributed by atoms with E-state index in [0.717, 1.165) is 23.2 Å². The molecule has 13 heteroatoms. The number of fused-ring (bicyclic) bond motifs is 1. The summed E-state index contributed by atoms with van der Waals surface area (Å²) in [5, 5.41) is 2.64. The van der Waals surface area contributed by atoms with Crippen LogP contribution in [-0.2, 0) is 21.9 Å². The Morgan fingerprint density at radius 3 is 2.34 bits per heavy atom. The van der Waals surface area contributed by atoms with Gasteiger partial charge in [0.1, 0.15) is 23.6 Å². The summed E-state index contributed by atoms with van der Waals surface area (Å²) >= 11 is 0. The number of hydrogen-bond donors (Lipinski definition) is 1. The molecule has 2 aliphatic heterocycles. The van der Waals surface area contributed by atoms with Crippen molar-refractivity contribution in [2.24, 2.45) is 11.8 Å². The lowest BCUT2D eigenvalue weighted by molar-refractivity contribution is -0.141. The van der Waals surface area contributed by atoms with Crippen LogP contribution in [0.2, 0.25) is 0 Å². The van der Waals surface area contributed by atoms with Gasteiger partial charge in [-0.15, -0.1) is 0 Å². The maximum absolute atomic E-state index is 14.8. The number of carbonyl (C=O) groups is 2. The van der Waals surface area contributed by atoms with Gasteiger partial charge in [0.15, 0.2) is 0 Å². The molecule has 1 aromatic carbocycles. The van der Waals surface area contributed by atoms with Crippen LogP contribution < -0.4 is 5.32 Å². The predicted octanol–water partition coefficient (Wildman–Crippen LogP) is 3.98. The first-order chi connectivity index (χ1) is 17.8. The molecule has 4 atom stereocenters. The lowest BCUT2D eigenvalue weighted by Crippen LogP contribution is -2.52. The van der Waals surface area contributed by atoms with Crippen LogP contribution in [0.25, 0.3) is 0 Å². The van der Waals surface area contributed by atoms with Gasteiger partial charge in [0.25, 0.3) is 5.91 Å². The summed E-state index contributed by atoms with van der Waals surface area (Å²) in [6, 6.07) is 0.750. The van der Waals surface area contributed by atoms with Crippen molar-refractivity contribution >= 4 is 11.8 Å². The highest BCUT2D eigenvalue weighted by Gasteiger charge is 2.50. The minimum atomic E-state index is -4.79. The highest BCUT2D eigenvalue weighted by Crippen LogP contribution is 2.38. The largest absolute Gasteiger partial charge is 0.433 e. The number of benzene rings is 1. The van der Waals surface area contributed by atoms with Crippen molar-refractivity contribution < 1.29 is 45.1 Å². The van der Waals surface area contributed by atoms with Crippen molar-refractivity contribution in [2.75, 3.05) is 13.2 Å². The molecule has 0 radical (unpaired) electrons. The van der Waals surface area contributed by atoms with Crippen molar-refractivity contribution in [2.45, 2.75) is 36.9 Å². The molecule has 2 fully saturated rings. The number of rotatable bonds is 5. The Hall–Kier alpha value is -3.66. The Morgan fingerprint density at radius 1 is 1.05 bits per heavy atom. The molecule has 3 heterocycles. The van der Waals surface area contributed by atoms with E-state index in [2.05, 4.69) is 22.1 Å². The van der Waals surface area contributed by atoms with Gasteiger partial charge in [-0.3, -0.25) is 14.6 Å². The van der Waals surface area contributed by atoms with E-state index in [0.29, 0.717) is 18.2 Å². The first-order valence-electron chi connectivity index (χ1n) is 11.5. The number of ether oxygens (including phenoxy) is 1. The van der Waals surface area contributed by atoms with Gasteiger partial charge in [-0.25, -0.2) is 4.39 Å². The Morgan fingerprint density at radius 2 is 1.79 bits per heavy atom. The molecule has 2 saturated heterocycles. The third-order valence-electron chi connectivity index (χ3n) is 6.84. The van der Waals surface area contributed by atoms with Gasteiger partial charge in [0.05, 0.1) is 30.7 Å². The average Bonchev–Trinajstić information content (AvgIpc) is 3.05. The van der Waals surface area contributed by atoms with Gasteiger partial charge in [-0.1, -0.05) is 17.9 Å². The van der Waals surface area contributed by atoms with Gasteiger partial charge >= 0.3 is 12.4 Å². The zero-order chi connectivity index (χ0) is 27.4. The monoisotopic (exact) mass is 541 g/mol. The minimum absolute atomic E-state index is 0.0931. The van der Waals surface area contributed by atoms with E-state index in [-0.39, 0.29) is 36.7 Å². The summed E-state index contributed by atoms with van der Waals surface area (Å²) in [5.74, 6) is 1.97. The van der Waals surface area contributed by atoms with E-state index in [4.69, 9.17) is 4.74 Å². The van der Waals surface area contributed by atoms with E-state index in [1.54, 1.807) is 0 Å². The molecule has 1 aromatic heterocycles. The van der Waals surface area contributed by atoms with Crippen LogP contribution in [0.3, 0.4) is 0 Å². The summed E-state index contributed by atoms with van der Waals surface area (Å²) in [6.07, 6.45) is -8.62. The third-order valence-corrected chi connectivity index (χ3v) is 6.84. The van der Waals surface area contributed by atoms with Gasteiger partial charge in [-0.2, -0.15) is 26.3 Å². The van der Waals surface area contributed by atoms with E-state index in [9.17, 15) is 40.3 Å². The van der Waals surface area contributed by atoms with Gasteiger partial charge < -0.3 is 15.0 Å². The molecule has 3 aliphatic rings. The summed E-state index contributed by atoms with van der Waals surface area (Å²) in [4.78, 5) is 31.0. The molecule has 2 aromatic rings. The molecule has 38 heavy (non-hydrogen) atoms. The van der Waals surface area contributed by atoms with Crippen LogP contribution in [0, 0.1) is 29.5 Å². The summed E-state index contributed by atoms with van der Waals surface area (Å²) in [5.41, 5.74) is -2.98. The molecule has 6 nitrogen and oxygen atoms in total. The highest BCUT2D eigenvalue weighted by atomic mass is 19.4. The second-order valence-electron chi connectivity index (χ2n) is 9.25. The van der Waals surface area contributed by atoms with Crippen molar-refractivity contribution in [1.29, 1.82) is 0 Å². The second-order valence-corrected chi connectivity index (χ2v) is 9.25. The lowest BCUT2D eigenvalue weighted by Gasteiger charge is -2.36. The van der Waals surface area contributed by atoms with Gasteiger partial charge in [0.2, 0.25) is 5.91 Å². The summed E-state index contributed by atoms with van der Waals surface area (Å²) < 4.78 is 98.3. The van der Waals surface area contributed by atoms with Crippen LogP contribution in [0.5, 0.6) is 0 Å². The quantitative estimate of drug-likeness (QED) is 0.460. The van der Waals surface area contributed by atoms with Crippen LogP contribution in [0.4, 0.5) is 30.7 Å². The van der Waals surface area contributed by atoms with Crippen molar-refractivity contribution in [3.63, 3.8) is 0 Å². The summed E-state index contributed by atoms with van der Waals surface area (Å²) in [6.45, 7) is 0.231. The number of nitrogens with one attached hydrogen (secondary N) is 1. The van der Waals surface area contributed by atoms with Crippen molar-refractivity contribution in [3.8, 4) is 11.8 Å². The van der Waals surface area contributed by atoms with Crippen molar-refractivity contribution in [1.82, 2.24) is 15.2 Å². The number of alkyl halides is 6. The molecule has 1 N–H and O–H groups in total. The molecule has 0 saturated carbocycles. The molecular formula is C25H18F7N3O3. The molecule has 1 aliphatic carbocycles. The molecule has 0 bridgehead atoms. The molecule has 0 unspecified atom stereocenters. The topological polar surface area (TPSA) is 71.5 Å². The fourth-order valence-corrected chi connectivity index (χ4v) is 4.74. The smallest absolute Gasteiger partial charge is 0.381 e. The first-order valence-corrected chi connectivity index (χ1v) is 11.5. The lowest BCUT2D eigenvalue weighted by atomic mass is 9.89. The molecular weight excluding hydrogens is 523 g/mol. The number of nitrogens with zero attached hydrogens (tertiary/aromatic N) is 2. The standard InChI is InChI=1S/C25H18F7N3O3/c26-17-9-15(24(27,28)29)2-3-16(17)21(14-10-38-11-14)34-22(36)19-7-12-1-4-18(12)35(19)23(37)13-5-6-33-20(8-13)25(30,31)32/h2-3,5-6,8-9,12,14,18-19,21H,7,10-11H2,(H,34,36)/t12-,18-,19-,21-/m1/s1. The molecule has 2 amide bonds. The average molecular weight is 541 g/mol. The van der Waals surface area contributed by atoms with E-state index >= 15 is 0 Å². The van der Waals surface area contributed by atoms with Crippen molar-refractivity contribution in [3.05, 3.63) is 64.7 Å². The minimum Gasteiger partial charge on any atom is -0.381 e. The zero-order valence-corrected chi connectivity index (χ0v) is 19.2. The fraction of sp³-hybridized carbons (Fsp3) is 0.400. The zero-order valence-electron chi connectivity index (χ0n) is 19.2. The molecule has 0 spiro atoms. The Kier molecular flexibility index (Phi) is 6.33. The van der Waals surface area contributed by atoms with Crippen LogP contribution in [0.15, 0.2) is 36.5 Å². The second kappa shape index (κ2) is 9.27. The Bertz CT molecular complexity index is 1340. The number of carbonyl (C=O) groups excluding carboxylic acids is 2. The highest BCUT2D eigenvalue weighted by molar-refractivity contribution is 5.99. The van der Waals surface area contributed by atoms with E-state index in [1.807, 2.05) is 0 Å². The Balaban J connectivity index is 1.41. The molecule has 200 valence electrons. The van der Waals surface area contributed by atoms with Crippen LogP contribution in [-0.4, -0.2) is 47.0 Å². The van der Waals surface area contributed by atoms with Crippen LogP contribution >= 0.6 is 0 Å². The fourth-order valence-electron chi connectivity index (χ4n) is 4.74. The number of aromatic nitrogens is 1. The number of halogens is 7. The van der Waals surface area contributed by atoms with E-state index in [1.165, 1.54) is 0 Å². The number of amides is 2. The number of pyridine rings is 1. The maximum Gasteiger partial charge on any atom is 0.433 e.